The Labute approximate surface area is 414 Å². The van der Waals surface area contributed by atoms with Crippen LogP contribution in [0.5, 0.6) is 0 Å². The van der Waals surface area contributed by atoms with Crippen molar-refractivity contribution in [3.05, 3.63) is 11.6 Å². The summed E-state index contributed by atoms with van der Waals surface area (Å²) >= 11 is 0. The second kappa shape index (κ2) is 20.4. The maximum atomic E-state index is 12.1. The second-order valence-electron chi connectivity index (χ2n) is 23.4. The third kappa shape index (κ3) is 9.12. The van der Waals surface area contributed by atoms with E-state index in [2.05, 4.69) is 33.8 Å². The average Bonchev–Trinajstić information content (AvgIpc) is 3.80. The summed E-state index contributed by atoms with van der Waals surface area (Å²) < 4.78 is 61.5. The van der Waals surface area contributed by atoms with E-state index in [9.17, 15) is 56.2 Å². The van der Waals surface area contributed by atoms with Crippen molar-refractivity contribution < 1.29 is 104 Å². The first-order valence-electron chi connectivity index (χ1n) is 26.3. The Morgan fingerprint density at radius 2 is 1.28 bits per heavy atom. The molecule has 0 amide bonds. The number of hydrogen-bond acceptors (Lipinski definition) is 21. The van der Waals surface area contributed by atoms with Crippen LogP contribution in [0.4, 0.5) is 0 Å². The van der Waals surface area contributed by atoms with Crippen molar-refractivity contribution in [1.82, 2.24) is 0 Å². The predicted octanol–water partition coefficient (Wildman–Crippen LogP) is -1.32. The summed E-state index contributed by atoms with van der Waals surface area (Å²) in [7, 11) is 0. The maximum Gasteiger partial charge on any atom is 0.187 e. The smallest absolute Gasteiger partial charge is 0.187 e. The molecule has 30 atom stereocenters. The number of rotatable bonds is 10. The van der Waals surface area contributed by atoms with Crippen LogP contribution >= 0.6 is 0 Å². The molecular weight excluding hydrogens is 937 g/mol. The van der Waals surface area contributed by atoms with Crippen molar-refractivity contribution in [3.8, 4) is 0 Å². The van der Waals surface area contributed by atoms with Crippen LogP contribution in [0, 0.1) is 46.3 Å². The van der Waals surface area contributed by atoms with E-state index in [1.54, 1.807) is 0 Å². The molecule has 21 heteroatoms. The molecule has 0 aromatic heterocycles. The lowest BCUT2D eigenvalue weighted by atomic mass is 9.47. The minimum Gasteiger partial charge on any atom is -0.394 e. The number of fused-ring (bicyclic) bond motifs is 7. The van der Waals surface area contributed by atoms with Gasteiger partial charge >= 0.3 is 0 Å². The van der Waals surface area contributed by atoms with E-state index in [1.165, 1.54) is 12.5 Å². The molecule has 406 valence electrons. The zero-order valence-electron chi connectivity index (χ0n) is 41.4. The van der Waals surface area contributed by atoms with Gasteiger partial charge in [0.05, 0.1) is 44.7 Å². The molecule has 3 saturated carbocycles. The molecular formula is C50H80O21. The highest BCUT2D eigenvalue weighted by molar-refractivity contribution is 5.26. The standard InChI is InChI=1S/C50H80O21/c1-20-8-13-50(63-18-20)21(2)32-28(71-50)15-27-25-7-6-23-14-24(9-11-48(23,4)26(25)10-12-49(27,32)5)65-47-43(70-44-39(59)36(56)33(53)22(3)64-44)35(55)31(19-62-47)68-45-41(61)38(58)42(30(17-52)67-45)69-46-40(60)37(57)34(54)29(16-51)66-46/h6,20-22,24-47,51-61H,7-19H2,1-5H3/t20-,21+,22+,24+,25-,26+,27+,28+,29-,30-,31+,32+,33+,34+,35+,36-,37+,38-,39-,40-,41-,42-,43-,44+,45+,46+,47+,48+,49+,50-/m1/s1. The summed E-state index contributed by atoms with van der Waals surface area (Å²) in [5.74, 6) is 2.50. The largest absolute Gasteiger partial charge is 0.394 e. The van der Waals surface area contributed by atoms with Gasteiger partial charge in [-0.05, 0) is 98.7 Å². The van der Waals surface area contributed by atoms with Gasteiger partial charge in [-0.25, -0.2) is 0 Å². The van der Waals surface area contributed by atoms with Gasteiger partial charge < -0.3 is 104 Å². The van der Waals surface area contributed by atoms with Gasteiger partial charge in [0, 0.05) is 12.3 Å². The zero-order valence-corrected chi connectivity index (χ0v) is 41.4. The van der Waals surface area contributed by atoms with Crippen molar-refractivity contribution in [2.45, 2.75) is 227 Å². The fraction of sp³-hybridized carbons (Fsp3) is 0.960. The van der Waals surface area contributed by atoms with E-state index in [4.69, 9.17) is 47.4 Å². The molecule has 11 N–H and O–H groups in total. The van der Waals surface area contributed by atoms with Crippen molar-refractivity contribution in [3.63, 3.8) is 0 Å². The summed E-state index contributed by atoms with van der Waals surface area (Å²) in [4.78, 5) is 0. The zero-order chi connectivity index (χ0) is 50.6. The van der Waals surface area contributed by atoms with Crippen molar-refractivity contribution in [2.24, 2.45) is 46.3 Å². The van der Waals surface area contributed by atoms with E-state index in [0.29, 0.717) is 48.3 Å². The van der Waals surface area contributed by atoms with Crippen LogP contribution in [0.2, 0.25) is 0 Å². The van der Waals surface area contributed by atoms with Gasteiger partial charge in [0.25, 0.3) is 0 Å². The Kier molecular flexibility index (Phi) is 15.3. The quantitative estimate of drug-likeness (QED) is 0.113. The lowest BCUT2D eigenvalue weighted by Gasteiger charge is -2.58. The van der Waals surface area contributed by atoms with Crippen molar-refractivity contribution >= 4 is 0 Å². The van der Waals surface area contributed by atoms with Crippen LogP contribution in [0.15, 0.2) is 11.6 Å². The van der Waals surface area contributed by atoms with Crippen molar-refractivity contribution in [1.29, 1.82) is 0 Å². The van der Waals surface area contributed by atoms with E-state index in [0.717, 1.165) is 51.6 Å². The monoisotopic (exact) mass is 1020 g/mol. The third-order valence-electron chi connectivity index (χ3n) is 19.4. The summed E-state index contributed by atoms with van der Waals surface area (Å²) in [6, 6.07) is 0. The van der Waals surface area contributed by atoms with E-state index in [1.807, 2.05) is 0 Å². The SMILES string of the molecule is C[C@@H]1CC[C@@]2(OC1)O[C@H]1C[C@H]3[C@@H]4CC=C5C[C@@H](O[C@@H]6OC[C@H](O[C@@H]7O[C@H](CO)[C@@H](O[C@@H]8O[C@H](CO)[C@H](O)[C@H](O)[C@H]8O)[C@H](O)[C@H]7O)[C@H](O)[C@H]6O[C@@H]6O[C@@H](C)[C@H](O)[C@@H](O)[C@H]6O)CC[C@]5(C)[C@H]4CC[C@]3(C)[C@H]1[C@@H]2C. The summed E-state index contributed by atoms with van der Waals surface area (Å²) in [5.41, 5.74) is 1.48. The topological polar surface area (TPSA) is 315 Å². The molecule has 0 aromatic carbocycles. The van der Waals surface area contributed by atoms with Crippen LogP contribution < -0.4 is 0 Å². The second-order valence-corrected chi connectivity index (χ2v) is 23.4. The van der Waals surface area contributed by atoms with Gasteiger partial charge in [0.15, 0.2) is 30.9 Å². The van der Waals surface area contributed by atoms with Gasteiger partial charge in [-0.1, -0.05) is 39.3 Å². The lowest BCUT2D eigenvalue weighted by molar-refractivity contribution is -0.385. The van der Waals surface area contributed by atoms with Crippen LogP contribution in [0.1, 0.15) is 92.4 Å². The molecule has 0 aromatic rings. The summed E-state index contributed by atoms with van der Waals surface area (Å²) in [5, 5.41) is 118. The Morgan fingerprint density at radius 3 is 1.99 bits per heavy atom. The number of allylic oxidation sites excluding steroid dienone is 1. The molecule has 6 saturated heterocycles. The molecule has 0 unspecified atom stereocenters. The molecule has 6 aliphatic heterocycles. The molecule has 9 fully saturated rings. The van der Waals surface area contributed by atoms with E-state index < -0.39 is 136 Å². The van der Waals surface area contributed by atoms with Gasteiger partial charge in [-0.15, -0.1) is 0 Å². The van der Waals surface area contributed by atoms with Gasteiger partial charge in [-0.3, -0.25) is 0 Å². The molecule has 1 spiro atoms. The highest BCUT2D eigenvalue weighted by Crippen LogP contribution is 2.70. The average molecular weight is 1020 g/mol. The number of aliphatic hydroxyl groups excluding tert-OH is 11. The Morgan fingerprint density at radius 1 is 0.620 bits per heavy atom. The van der Waals surface area contributed by atoms with Crippen LogP contribution in [-0.4, -0.2) is 217 Å². The molecule has 10 rings (SSSR count). The van der Waals surface area contributed by atoms with Gasteiger partial charge in [0.1, 0.15) is 85.5 Å². The van der Waals surface area contributed by atoms with Crippen LogP contribution in [-0.2, 0) is 47.4 Å². The van der Waals surface area contributed by atoms with E-state index in [-0.39, 0.29) is 29.6 Å². The fourth-order valence-electron chi connectivity index (χ4n) is 15.2. The van der Waals surface area contributed by atoms with E-state index >= 15 is 0 Å². The van der Waals surface area contributed by atoms with Gasteiger partial charge in [-0.2, -0.15) is 0 Å². The summed E-state index contributed by atoms with van der Waals surface area (Å²) in [6.07, 6.45) is -19.2. The van der Waals surface area contributed by atoms with Crippen LogP contribution in [0.3, 0.4) is 0 Å². The highest BCUT2D eigenvalue weighted by Gasteiger charge is 2.69. The number of hydrogen-bond donors (Lipinski definition) is 11. The molecule has 10 aliphatic rings. The molecule has 21 nitrogen and oxygen atoms in total. The molecule has 4 aliphatic carbocycles. The molecule has 0 bridgehead atoms. The van der Waals surface area contributed by atoms with Crippen LogP contribution in [0.25, 0.3) is 0 Å². The maximum absolute atomic E-state index is 12.1. The fourth-order valence-corrected chi connectivity index (χ4v) is 15.2. The first-order chi connectivity index (χ1) is 33.7. The minimum atomic E-state index is -1.91. The Balaban J connectivity index is 0.816. The molecule has 71 heavy (non-hydrogen) atoms. The minimum absolute atomic E-state index is 0.0379. The Bertz CT molecular complexity index is 1870. The number of ether oxygens (including phenoxy) is 10. The van der Waals surface area contributed by atoms with Crippen molar-refractivity contribution in [2.75, 3.05) is 26.4 Å². The third-order valence-corrected chi connectivity index (χ3v) is 19.4. The van der Waals surface area contributed by atoms with Gasteiger partial charge in [0.2, 0.25) is 0 Å². The first-order valence-corrected chi connectivity index (χ1v) is 26.3. The molecule has 6 heterocycles. The number of aliphatic hydroxyl groups is 11. The highest BCUT2D eigenvalue weighted by atomic mass is 16.8. The predicted molar refractivity (Wildman–Crippen MR) is 241 cm³/mol. The first kappa shape index (κ1) is 53.3. The normalized spacial score (nSPS) is 57.4. The summed E-state index contributed by atoms with van der Waals surface area (Å²) in [6.45, 7) is 9.91. The Hall–Kier alpha value is -1.10. The lowest BCUT2D eigenvalue weighted by Crippen LogP contribution is -2.66. The molecule has 0 radical (unpaired) electrons.